The quantitative estimate of drug-likeness (QED) is 0.688. The number of benzene rings is 2. The Morgan fingerprint density at radius 2 is 1.68 bits per heavy atom. The van der Waals surface area contributed by atoms with Crippen molar-refractivity contribution in [3.63, 3.8) is 0 Å². The molecule has 0 radical (unpaired) electrons. The van der Waals surface area contributed by atoms with Crippen LogP contribution in [0.2, 0.25) is 0 Å². The molecule has 2 N–H and O–H groups in total. The zero-order valence-electron chi connectivity index (χ0n) is 14.5. The summed E-state index contributed by atoms with van der Waals surface area (Å²) in [5.74, 6) is 0.608. The summed E-state index contributed by atoms with van der Waals surface area (Å²) in [7, 11) is 0. The van der Waals surface area contributed by atoms with E-state index in [1.165, 1.54) is 0 Å². The molecule has 2 aromatic carbocycles. The lowest BCUT2D eigenvalue weighted by molar-refractivity contribution is -0.122. The van der Waals surface area contributed by atoms with E-state index in [4.69, 9.17) is 4.74 Å². The second kappa shape index (κ2) is 10.1. The largest absolute Gasteiger partial charge is 0.492 e. The second-order valence-corrected chi connectivity index (χ2v) is 5.78. The molecular weight excluding hydrogens is 316 g/mol. The van der Waals surface area contributed by atoms with Crippen molar-refractivity contribution in [1.82, 2.24) is 10.6 Å². The van der Waals surface area contributed by atoms with Crippen molar-refractivity contribution in [2.45, 2.75) is 19.8 Å². The Kier molecular flexibility index (Phi) is 7.50. The average Bonchev–Trinajstić information content (AvgIpc) is 2.60. The molecule has 0 heterocycles. The van der Waals surface area contributed by atoms with Crippen molar-refractivity contribution < 1.29 is 14.3 Å². The Labute approximate surface area is 148 Å². The highest BCUT2D eigenvalue weighted by Gasteiger charge is 2.05. The number of rotatable bonds is 9. The van der Waals surface area contributed by atoms with E-state index < -0.39 is 0 Å². The number of carbonyl (C=O) groups excluding carboxylic acids is 2. The van der Waals surface area contributed by atoms with Crippen LogP contribution in [0.1, 0.15) is 17.5 Å². The molecule has 0 aliphatic carbocycles. The van der Waals surface area contributed by atoms with Crippen LogP contribution in [0.25, 0.3) is 0 Å². The first-order valence-electron chi connectivity index (χ1n) is 8.40. The summed E-state index contributed by atoms with van der Waals surface area (Å²) in [6.45, 7) is 3.18. The first-order valence-corrected chi connectivity index (χ1v) is 8.40. The maximum Gasteiger partial charge on any atom is 0.224 e. The van der Waals surface area contributed by atoms with Gasteiger partial charge in [0.2, 0.25) is 11.8 Å². The second-order valence-electron chi connectivity index (χ2n) is 5.78. The zero-order valence-corrected chi connectivity index (χ0v) is 14.5. The molecule has 5 nitrogen and oxygen atoms in total. The van der Waals surface area contributed by atoms with Gasteiger partial charge in [-0.15, -0.1) is 0 Å². The van der Waals surface area contributed by atoms with E-state index >= 15 is 0 Å². The molecule has 0 spiro atoms. The summed E-state index contributed by atoms with van der Waals surface area (Å²) in [5, 5.41) is 5.53. The molecule has 0 saturated heterocycles. The number of aryl methyl sites for hydroxylation is 1. The Morgan fingerprint density at radius 3 is 2.44 bits per heavy atom. The molecule has 0 saturated carbocycles. The Bertz CT molecular complexity index is 686. The third-order valence-electron chi connectivity index (χ3n) is 3.56. The number of nitrogens with one attached hydrogen (secondary N) is 2. The maximum absolute atomic E-state index is 11.8. The summed E-state index contributed by atoms with van der Waals surface area (Å²) in [6.07, 6.45) is 0.581. The van der Waals surface area contributed by atoms with Crippen LogP contribution in [0, 0.1) is 6.92 Å². The van der Waals surface area contributed by atoms with Crippen LogP contribution in [0.5, 0.6) is 5.75 Å². The van der Waals surface area contributed by atoms with Crippen molar-refractivity contribution in [1.29, 1.82) is 0 Å². The van der Waals surface area contributed by atoms with Gasteiger partial charge in [0.1, 0.15) is 12.4 Å². The molecule has 0 aliphatic rings. The first-order chi connectivity index (χ1) is 12.1. The predicted molar refractivity (Wildman–Crippen MR) is 97.5 cm³/mol. The third-order valence-corrected chi connectivity index (χ3v) is 3.56. The normalized spacial score (nSPS) is 10.1. The minimum Gasteiger partial charge on any atom is -0.492 e. The minimum atomic E-state index is -0.104. The van der Waals surface area contributed by atoms with Gasteiger partial charge in [-0.1, -0.05) is 42.5 Å². The van der Waals surface area contributed by atoms with Crippen LogP contribution in [0.4, 0.5) is 0 Å². The van der Waals surface area contributed by atoms with Crippen molar-refractivity contribution in [2.75, 3.05) is 19.7 Å². The molecule has 2 aromatic rings. The minimum absolute atomic E-state index is 0.0817. The zero-order chi connectivity index (χ0) is 17.9. The Morgan fingerprint density at radius 1 is 0.920 bits per heavy atom. The summed E-state index contributed by atoms with van der Waals surface area (Å²) in [6, 6.07) is 17.3. The average molecular weight is 340 g/mol. The van der Waals surface area contributed by atoms with E-state index in [1.807, 2.05) is 61.5 Å². The van der Waals surface area contributed by atoms with Gasteiger partial charge in [0, 0.05) is 13.0 Å². The van der Waals surface area contributed by atoms with Gasteiger partial charge >= 0.3 is 0 Å². The van der Waals surface area contributed by atoms with Gasteiger partial charge in [0.05, 0.1) is 13.0 Å². The smallest absolute Gasteiger partial charge is 0.224 e. The molecule has 0 bridgehead atoms. The third kappa shape index (κ3) is 7.52. The summed E-state index contributed by atoms with van der Waals surface area (Å²) < 4.78 is 5.56. The van der Waals surface area contributed by atoms with Gasteiger partial charge in [0.25, 0.3) is 0 Å². The molecule has 2 rings (SSSR count). The first kappa shape index (κ1) is 18.5. The Hall–Kier alpha value is -2.82. The van der Waals surface area contributed by atoms with Crippen LogP contribution in [0.3, 0.4) is 0 Å². The fourth-order valence-corrected chi connectivity index (χ4v) is 2.31. The molecule has 5 heteroatoms. The van der Waals surface area contributed by atoms with E-state index in [9.17, 15) is 9.59 Å². The maximum atomic E-state index is 11.8. The van der Waals surface area contributed by atoms with Gasteiger partial charge < -0.3 is 15.4 Å². The van der Waals surface area contributed by atoms with Crippen LogP contribution < -0.4 is 15.4 Å². The van der Waals surface area contributed by atoms with E-state index in [2.05, 4.69) is 10.6 Å². The van der Waals surface area contributed by atoms with Crippen molar-refractivity contribution >= 4 is 11.8 Å². The molecule has 25 heavy (non-hydrogen) atoms. The highest BCUT2D eigenvalue weighted by atomic mass is 16.5. The van der Waals surface area contributed by atoms with E-state index in [1.54, 1.807) is 0 Å². The van der Waals surface area contributed by atoms with Crippen molar-refractivity contribution in [3.8, 4) is 5.75 Å². The number of hydrogen-bond acceptors (Lipinski definition) is 3. The molecule has 0 unspecified atom stereocenters. The Balaban J connectivity index is 1.54. The van der Waals surface area contributed by atoms with Gasteiger partial charge in [-0.05, 0) is 30.2 Å². The fraction of sp³-hybridized carbons (Fsp3) is 0.300. The number of carbonyl (C=O) groups is 2. The monoisotopic (exact) mass is 340 g/mol. The standard InChI is InChI=1S/C20H24N2O3/c1-16-6-5-9-18(14-16)25-13-12-22-19(23)10-11-21-20(24)15-17-7-3-2-4-8-17/h2-9,14H,10-13,15H2,1H3,(H,21,24)(H,22,23). The highest BCUT2D eigenvalue weighted by molar-refractivity contribution is 5.80. The van der Waals surface area contributed by atoms with Crippen LogP contribution in [0.15, 0.2) is 54.6 Å². The lowest BCUT2D eigenvalue weighted by Crippen LogP contribution is -2.33. The van der Waals surface area contributed by atoms with Crippen LogP contribution >= 0.6 is 0 Å². The molecule has 0 aliphatic heterocycles. The molecular formula is C20H24N2O3. The number of amides is 2. The van der Waals surface area contributed by atoms with Crippen LogP contribution in [-0.2, 0) is 16.0 Å². The van der Waals surface area contributed by atoms with E-state index in [0.717, 1.165) is 16.9 Å². The van der Waals surface area contributed by atoms with Gasteiger partial charge in [0.15, 0.2) is 0 Å². The molecule has 0 atom stereocenters. The van der Waals surface area contributed by atoms with Crippen molar-refractivity contribution in [2.24, 2.45) is 0 Å². The number of ether oxygens (including phenoxy) is 1. The van der Waals surface area contributed by atoms with Crippen molar-refractivity contribution in [3.05, 3.63) is 65.7 Å². The number of hydrogen-bond donors (Lipinski definition) is 2. The van der Waals surface area contributed by atoms with Gasteiger partial charge in [-0.2, -0.15) is 0 Å². The molecule has 0 fully saturated rings. The van der Waals surface area contributed by atoms with Gasteiger partial charge in [-0.25, -0.2) is 0 Å². The lowest BCUT2D eigenvalue weighted by atomic mass is 10.1. The summed E-state index contributed by atoms with van der Waals surface area (Å²) in [5.41, 5.74) is 2.09. The molecule has 2 amide bonds. The molecule has 132 valence electrons. The van der Waals surface area contributed by atoms with E-state index in [-0.39, 0.29) is 18.2 Å². The fourth-order valence-electron chi connectivity index (χ4n) is 2.31. The van der Waals surface area contributed by atoms with Crippen LogP contribution in [-0.4, -0.2) is 31.5 Å². The van der Waals surface area contributed by atoms with E-state index in [0.29, 0.717) is 26.1 Å². The van der Waals surface area contributed by atoms with Gasteiger partial charge in [-0.3, -0.25) is 9.59 Å². The predicted octanol–water partition coefficient (Wildman–Crippen LogP) is 2.24. The summed E-state index contributed by atoms with van der Waals surface area (Å²) >= 11 is 0. The topological polar surface area (TPSA) is 67.4 Å². The SMILES string of the molecule is Cc1cccc(OCCNC(=O)CCNC(=O)Cc2ccccc2)c1. The highest BCUT2D eigenvalue weighted by Crippen LogP contribution is 2.11. The summed E-state index contributed by atoms with van der Waals surface area (Å²) in [4.78, 5) is 23.5. The lowest BCUT2D eigenvalue weighted by Gasteiger charge is -2.09. The molecule has 0 aromatic heterocycles.